The molecule has 0 saturated heterocycles. The van der Waals surface area contributed by atoms with Crippen molar-refractivity contribution in [2.24, 2.45) is 0 Å². The SMILES string of the molecule is O=C(NCc1ccnc(Oc2ccc(F)cc2)c1)c1cn[nH]c1C1CC1. The summed E-state index contributed by atoms with van der Waals surface area (Å²) >= 11 is 0. The van der Waals surface area contributed by atoms with Gasteiger partial charge in [0.1, 0.15) is 11.6 Å². The maximum Gasteiger partial charge on any atom is 0.255 e. The second-order valence-electron chi connectivity index (χ2n) is 6.21. The lowest BCUT2D eigenvalue weighted by atomic mass is 10.1. The minimum Gasteiger partial charge on any atom is -0.439 e. The van der Waals surface area contributed by atoms with Crippen LogP contribution in [0.2, 0.25) is 0 Å². The molecule has 2 N–H and O–H groups in total. The summed E-state index contributed by atoms with van der Waals surface area (Å²) < 4.78 is 18.6. The third kappa shape index (κ3) is 3.72. The van der Waals surface area contributed by atoms with Crippen molar-refractivity contribution in [3.05, 3.63) is 71.4 Å². The van der Waals surface area contributed by atoms with Gasteiger partial charge in [0.25, 0.3) is 5.91 Å². The Morgan fingerprint density at radius 2 is 2.08 bits per heavy atom. The van der Waals surface area contributed by atoms with E-state index in [-0.39, 0.29) is 11.7 Å². The van der Waals surface area contributed by atoms with Crippen LogP contribution in [-0.4, -0.2) is 21.1 Å². The molecular formula is C19H17FN4O2. The van der Waals surface area contributed by atoms with Gasteiger partial charge in [0.15, 0.2) is 0 Å². The largest absolute Gasteiger partial charge is 0.439 e. The van der Waals surface area contributed by atoms with Gasteiger partial charge in [-0.15, -0.1) is 0 Å². The summed E-state index contributed by atoms with van der Waals surface area (Å²) in [6.07, 6.45) is 5.36. The average Bonchev–Trinajstić information content (AvgIpc) is 3.38. The smallest absolute Gasteiger partial charge is 0.255 e. The van der Waals surface area contributed by atoms with E-state index in [1.807, 2.05) is 0 Å². The van der Waals surface area contributed by atoms with Crippen molar-refractivity contribution in [3.63, 3.8) is 0 Å². The van der Waals surface area contributed by atoms with Gasteiger partial charge in [-0.25, -0.2) is 9.37 Å². The van der Waals surface area contributed by atoms with Crippen LogP contribution in [0.1, 0.15) is 40.4 Å². The van der Waals surface area contributed by atoms with E-state index in [1.165, 1.54) is 24.3 Å². The number of hydrogen-bond acceptors (Lipinski definition) is 4. The highest BCUT2D eigenvalue weighted by Crippen LogP contribution is 2.40. The lowest BCUT2D eigenvalue weighted by molar-refractivity contribution is 0.0950. The topological polar surface area (TPSA) is 79.9 Å². The van der Waals surface area contributed by atoms with Crippen molar-refractivity contribution in [1.82, 2.24) is 20.5 Å². The molecule has 3 aromatic rings. The highest BCUT2D eigenvalue weighted by Gasteiger charge is 2.29. The monoisotopic (exact) mass is 352 g/mol. The molecule has 1 saturated carbocycles. The molecule has 0 bridgehead atoms. The lowest BCUT2D eigenvalue weighted by Gasteiger charge is -2.08. The van der Waals surface area contributed by atoms with Gasteiger partial charge in [-0.2, -0.15) is 5.10 Å². The van der Waals surface area contributed by atoms with E-state index in [9.17, 15) is 9.18 Å². The second kappa shape index (κ2) is 6.95. The standard InChI is InChI=1S/C19H17FN4O2/c20-14-3-5-15(6-4-14)26-17-9-12(7-8-21-17)10-22-19(25)16-11-23-24-18(16)13-1-2-13/h3-9,11,13H,1-2,10H2,(H,22,25)(H,23,24). The van der Waals surface area contributed by atoms with E-state index in [0.717, 1.165) is 24.1 Å². The maximum atomic E-state index is 12.9. The van der Waals surface area contributed by atoms with Gasteiger partial charge in [0, 0.05) is 24.7 Å². The number of hydrogen-bond donors (Lipinski definition) is 2. The number of ether oxygens (including phenoxy) is 1. The summed E-state index contributed by atoms with van der Waals surface area (Å²) in [5, 5.41) is 9.79. The number of nitrogens with one attached hydrogen (secondary N) is 2. The van der Waals surface area contributed by atoms with Crippen molar-refractivity contribution in [3.8, 4) is 11.6 Å². The van der Waals surface area contributed by atoms with Crippen molar-refractivity contribution in [2.45, 2.75) is 25.3 Å². The second-order valence-corrected chi connectivity index (χ2v) is 6.21. The van der Waals surface area contributed by atoms with E-state index in [1.54, 1.807) is 24.5 Å². The zero-order valence-electron chi connectivity index (χ0n) is 13.9. The number of nitrogens with zero attached hydrogens (tertiary/aromatic N) is 2. The average molecular weight is 352 g/mol. The van der Waals surface area contributed by atoms with Crippen LogP contribution in [-0.2, 0) is 6.54 Å². The number of benzene rings is 1. The van der Waals surface area contributed by atoms with Gasteiger partial charge in [-0.3, -0.25) is 9.89 Å². The summed E-state index contributed by atoms with van der Waals surface area (Å²) in [5.41, 5.74) is 2.36. The van der Waals surface area contributed by atoms with E-state index >= 15 is 0 Å². The number of rotatable bonds is 6. The highest BCUT2D eigenvalue weighted by molar-refractivity contribution is 5.95. The zero-order valence-corrected chi connectivity index (χ0v) is 13.9. The molecule has 2 heterocycles. The lowest BCUT2D eigenvalue weighted by Crippen LogP contribution is -2.23. The normalized spacial score (nSPS) is 13.4. The molecule has 0 unspecified atom stereocenters. The fourth-order valence-corrected chi connectivity index (χ4v) is 2.68. The first-order chi connectivity index (χ1) is 12.7. The van der Waals surface area contributed by atoms with E-state index < -0.39 is 0 Å². The molecule has 1 aromatic carbocycles. The summed E-state index contributed by atoms with van der Waals surface area (Å²) in [7, 11) is 0. The Labute approximate surface area is 149 Å². The van der Waals surface area contributed by atoms with Crippen molar-refractivity contribution in [1.29, 1.82) is 0 Å². The van der Waals surface area contributed by atoms with Crippen LogP contribution in [0.25, 0.3) is 0 Å². The van der Waals surface area contributed by atoms with Gasteiger partial charge in [-0.1, -0.05) is 0 Å². The molecule has 132 valence electrons. The van der Waals surface area contributed by atoms with Crippen LogP contribution >= 0.6 is 0 Å². The van der Waals surface area contributed by atoms with Crippen molar-refractivity contribution >= 4 is 5.91 Å². The number of pyridine rings is 1. The number of carbonyl (C=O) groups is 1. The quantitative estimate of drug-likeness (QED) is 0.711. The zero-order chi connectivity index (χ0) is 17.9. The molecule has 26 heavy (non-hydrogen) atoms. The summed E-state index contributed by atoms with van der Waals surface area (Å²) in [5.74, 6) is 0.817. The summed E-state index contributed by atoms with van der Waals surface area (Å²) in [6, 6.07) is 9.24. The molecule has 6 nitrogen and oxygen atoms in total. The minimum absolute atomic E-state index is 0.154. The maximum absolute atomic E-state index is 12.9. The van der Waals surface area contributed by atoms with Crippen LogP contribution in [0.5, 0.6) is 11.6 Å². The Balaban J connectivity index is 1.39. The molecule has 7 heteroatoms. The molecular weight excluding hydrogens is 335 g/mol. The molecule has 4 rings (SSSR count). The van der Waals surface area contributed by atoms with Gasteiger partial charge in [-0.05, 0) is 48.7 Å². The van der Waals surface area contributed by atoms with Gasteiger partial charge in [0.2, 0.25) is 5.88 Å². The molecule has 2 aromatic heterocycles. The molecule has 1 amide bonds. The summed E-state index contributed by atoms with van der Waals surface area (Å²) in [6.45, 7) is 0.344. The van der Waals surface area contributed by atoms with Crippen LogP contribution in [0.3, 0.4) is 0 Å². The fraction of sp³-hybridized carbons (Fsp3) is 0.211. The first-order valence-electron chi connectivity index (χ1n) is 8.39. The molecule has 1 fully saturated rings. The number of carbonyl (C=O) groups excluding carboxylic acids is 1. The number of aromatic amines is 1. The Bertz CT molecular complexity index is 919. The number of H-pyrrole nitrogens is 1. The predicted octanol–water partition coefficient (Wildman–Crippen LogP) is 3.54. The van der Waals surface area contributed by atoms with E-state index in [4.69, 9.17) is 4.74 Å². The van der Waals surface area contributed by atoms with Crippen LogP contribution in [0.15, 0.2) is 48.8 Å². The fourth-order valence-electron chi connectivity index (χ4n) is 2.68. The minimum atomic E-state index is -0.327. The number of amides is 1. The molecule has 1 aliphatic rings. The Morgan fingerprint density at radius 1 is 1.27 bits per heavy atom. The third-order valence-electron chi connectivity index (χ3n) is 4.19. The van der Waals surface area contributed by atoms with E-state index in [2.05, 4.69) is 20.5 Å². The summed E-state index contributed by atoms with van der Waals surface area (Å²) in [4.78, 5) is 16.5. The third-order valence-corrected chi connectivity index (χ3v) is 4.19. The van der Waals surface area contributed by atoms with Crippen LogP contribution in [0.4, 0.5) is 4.39 Å². The van der Waals surface area contributed by atoms with Crippen molar-refractivity contribution < 1.29 is 13.9 Å². The van der Waals surface area contributed by atoms with Gasteiger partial charge < -0.3 is 10.1 Å². The number of aromatic nitrogens is 3. The van der Waals surface area contributed by atoms with Gasteiger partial charge in [0.05, 0.1) is 17.5 Å². The molecule has 0 radical (unpaired) electrons. The van der Waals surface area contributed by atoms with E-state index in [0.29, 0.717) is 29.7 Å². The Kier molecular flexibility index (Phi) is 4.35. The first kappa shape index (κ1) is 16.3. The molecule has 0 spiro atoms. The highest BCUT2D eigenvalue weighted by atomic mass is 19.1. The molecule has 1 aliphatic carbocycles. The first-order valence-corrected chi connectivity index (χ1v) is 8.39. The molecule has 0 atom stereocenters. The van der Waals surface area contributed by atoms with Gasteiger partial charge >= 0.3 is 0 Å². The number of halogens is 1. The van der Waals surface area contributed by atoms with Crippen LogP contribution in [0, 0.1) is 5.82 Å². The predicted molar refractivity (Wildman–Crippen MR) is 92.4 cm³/mol. The van der Waals surface area contributed by atoms with Crippen LogP contribution < -0.4 is 10.1 Å². The Hall–Kier alpha value is -3.22. The molecule has 0 aliphatic heterocycles. The Morgan fingerprint density at radius 3 is 2.85 bits per heavy atom. The van der Waals surface area contributed by atoms with Crippen molar-refractivity contribution in [2.75, 3.05) is 0 Å².